The highest BCUT2D eigenvalue weighted by Gasteiger charge is 2.11. The Bertz CT molecular complexity index is 1120. The second-order valence-corrected chi connectivity index (χ2v) is 6.73. The average Bonchev–Trinajstić information content (AvgIpc) is 3.15. The second kappa shape index (κ2) is 8.52. The largest absolute Gasteiger partial charge is 0.370 e. The standard InChI is InChI=1S/C22H22N6O/c1-15-27-20(22(29)26-14-17-6-4-5-10-23-17)12-21(28-15)24-11-9-16-13-25-19-8-3-2-7-18(16)19/h2-8,10,12-13,25H,9,11,14H2,1H3,(H,26,29)(H,24,27,28). The van der Waals surface area contributed by atoms with Crippen molar-refractivity contribution in [2.75, 3.05) is 11.9 Å². The second-order valence-electron chi connectivity index (χ2n) is 6.73. The van der Waals surface area contributed by atoms with Gasteiger partial charge in [0.25, 0.3) is 5.91 Å². The van der Waals surface area contributed by atoms with E-state index < -0.39 is 0 Å². The first-order valence-electron chi connectivity index (χ1n) is 9.52. The van der Waals surface area contributed by atoms with Crippen molar-refractivity contribution in [2.45, 2.75) is 19.9 Å². The zero-order valence-electron chi connectivity index (χ0n) is 16.1. The Kier molecular flexibility index (Phi) is 5.47. The van der Waals surface area contributed by atoms with Gasteiger partial charge in [0.1, 0.15) is 17.3 Å². The van der Waals surface area contributed by atoms with Gasteiger partial charge < -0.3 is 15.6 Å². The lowest BCUT2D eigenvalue weighted by Gasteiger charge is -2.09. The monoisotopic (exact) mass is 386 g/mol. The summed E-state index contributed by atoms with van der Waals surface area (Å²) in [7, 11) is 0. The molecule has 1 aromatic carbocycles. The summed E-state index contributed by atoms with van der Waals surface area (Å²) in [6.07, 6.45) is 4.58. The topological polar surface area (TPSA) is 95.6 Å². The molecule has 0 aliphatic heterocycles. The van der Waals surface area contributed by atoms with Gasteiger partial charge in [-0.05, 0) is 37.1 Å². The number of nitrogens with one attached hydrogen (secondary N) is 3. The van der Waals surface area contributed by atoms with Crippen LogP contribution in [0.15, 0.2) is 60.9 Å². The fourth-order valence-electron chi connectivity index (χ4n) is 3.20. The zero-order chi connectivity index (χ0) is 20.1. The molecule has 29 heavy (non-hydrogen) atoms. The van der Waals surface area contributed by atoms with E-state index in [1.807, 2.05) is 36.5 Å². The van der Waals surface area contributed by atoms with E-state index in [-0.39, 0.29) is 5.91 Å². The number of aromatic nitrogens is 4. The number of carbonyl (C=O) groups excluding carboxylic acids is 1. The molecule has 1 amide bonds. The van der Waals surface area contributed by atoms with Gasteiger partial charge in [0, 0.05) is 35.9 Å². The van der Waals surface area contributed by atoms with Crippen molar-refractivity contribution in [3.05, 3.63) is 83.7 Å². The summed E-state index contributed by atoms with van der Waals surface area (Å²) < 4.78 is 0. The van der Waals surface area contributed by atoms with Crippen molar-refractivity contribution in [3.63, 3.8) is 0 Å². The van der Waals surface area contributed by atoms with Gasteiger partial charge in [-0.25, -0.2) is 9.97 Å². The molecular weight excluding hydrogens is 364 g/mol. The molecule has 3 N–H and O–H groups in total. The van der Waals surface area contributed by atoms with E-state index in [2.05, 4.69) is 42.7 Å². The number of carbonyl (C=O) groups is 1. The van der Waals surface area contributed by atoms with Crippen molar-refractivity contribution in [3.8, 4) is 0 Å². The van der Waals surface area contributed by atoms with Crippen molar-refractivity contribution in [1.82, 2.24) is 25.3 Å². The Morgan fingerprint density at radius 1 is 1.10 bits per heavy atom. The van der Waals surface area contributed by atoms with Gasteiger partial charge in [0.05, 0.1) is 12.2 Å². The molecule has 7 nitrogen and oxygen atoms in total. The third-order valence-corrected chi connectivity index (χ3v) is 4.60. The number of anilines is 1. The highest BCUT2D eigenvalue weighted by molar-refractivity contribution is 5.92. The van der Waals surface area contributed by atoms with Crippen LogP contribution in [-0.2, 0) is 13.0 Å². The molecule has 0 aliphatic carbocycles. The summed E-state index contributed by atoms with van der Waals surface area (Å²) in [4.78, 5) is 28.6. The molecular formula is C22H22N6O. The fraction of sp³-hybridized carbons (Fsp3) is 0.182. The first kappa shape index (κ1) is 18.6. The normalized spacial score (nSPS) is 10.8. The average molecular weight is 386 g/mol. The number of aromatic amines is 1. The number of benzene rings is 1. The van der Waals surface area contributed by atoms with Crippen molar-refractivity contribution >= 4 is 22.6 Å². The van der Waals surface area contributed by atoms with Crippen LogP contribution in [0.3, 0.4) is 0 Å². The van der Waals surface area contributed by atoms with E-state index in [0.29, 0.717) is 30.4 Å². The summed E-state index contributed by atoms with van der Waals surface area (Å²) in [5.74, 6) is 0.936. The third kappa shape index (κ3) is 4.57. The molecule has 146 valence electrons. The zero-order valence-corrected chi connectivity index (χ0v) is 16.1. The van der Waals surface area contributed by atoms with Crippen LogP contribution in [0.2, 0.25) is 0 Å². The number of aryl methyl sites for hydroxylation is 1. The maximum Gasteiger partial charge on any atom is 0.270 e. The highest BCUT2D eigenvalue weighted by Crippen LogP contribution is 2.18. The van der Waals surface area contributed by atoms with Crippen molar-refractivity contribution in [1.29, 1.82) is 0 Å². The third-order valence-electron chi connectivity index (χ3n) is 4.60. The van der Waals surface area contributed by atoms with Gasteiger partial charge in [0.2, 0.25) is 0 Å². The number of para-hydroxylation sites is 1. The maximum absolute atomic E-state index is 12.5. The molecule has 4 rings (SSSR count). The number of fused-ring (bicyclic) bond motifs is 1. The molecule has 3 heterocycles. The maximum atomic E-state index is 12.5. The van der Waals surface area contributed by atoms with E-state index in [0.717, 1.165) is 17.6 Å². The number of hydrogen-bond acceptors (Lipinski definition) is 5. The van der Waals surface area contributed by atoms with Crippen LogP contribution in [0.1, 0.15) is 27.6 Å². The van der Waals surface area contributed by atoms with E-state index in [1.165, 1.54) is 10.9 Å². The number of H-pyrrole nitrogens is 1. The Labute approximate surface area is 168 Å². The Morgan fingerprint density at radius 3 is 2.83 bits per heavy atom. The molecule has 7 heteroatoms. The molecule has 0 atom stereocenters. The minimum atomic E-state index is -0.249. The van der Waals surface area contributed by atoms with Gasteiger partial charge in [-0.2, -0.15) is 0 Å². The lowest BCUT2D eigenvalue weighted by Crippen LogP contribution is -2.25. The van der Waals surface area contributed by atoms with Gasteiger partial charge in [-0.3, -0.25) is 9.78 Å². The summed E-state index contributed by atoms with van der Waals surface area (Å²) >= 11 is 0. The molecule has 0 aliphatic rings. The lowest BCUT2D eigenvalue weighted by molar-refractivity contribution is 0.0945. The van der Waals surface area contributed by atoms with E-state index in [1.54, 1.807) is 19.2 Å². The van der Waals surface area contributed by atoms with E-state index in [9.17, 15) is 4.79 Å². The number of amides is 1. The van der Waals surface area contributed by atoms with Gasteiger partial charge in [-0.1, -0.05) is 24.3 Å². The van der Waals surface area contributed by atoms with Gasteiger partial charge in [0.15, 0.2) is 0 Å². The van der Waals surface area contributed by atoms with Crippen LogP contribution < -0.4 is 10.6 Å². The van der Waals surface area contributed by atoms with E-state index >= 15 is 0 Å². The lowest BCUT2D eigenvalue weighted by atomic mass is 10.1. The molecule has 0 radical (unpaired) electrons. The SMILES string of the molecule is Cc1nc(NCCc2c[nH]c3ccccc23)cc(C(=O)NCc2ccccn2)n1. The first-order valence-corrected chi connectivity index (χ1v) is 9.52. The molecule has 4 aromatic rings. The van der Waals surface area contributed by atoms with Crippen LogP contribution in [0.4, 0.5) is 5.82 Å². The number of rotatable bonds is 7. The van der Waals surface area contributed by atoms with Crippen LogP contribution in [0.25, 0.3) is 10.9 Å². The summed E-state index contributed by atoms with van der Waals surface area (Å²) in [5, 5.41) is 7.37. The van der Waals surface area contributed by atoms with E-state index in [4.69, 9.17) is 0 Å². The van der Waals surface area contributed by atoms with Gasteiger partial charge >= 0.3 is 0 Å². The van der Waals surface area contributed by atoms with Crippen LogP contribution in [0.5, 0.6) is 0 Å². The number of pyridine rings is 1. The molecule has 0 saturated carbocycles. The minimum absolute atomic E-state index is 0.249. The predicted octanol–water partition coefficient (Wildman–Crippen LogP) is 3.25. The van der Waals surface area contributed by atoms with Crippen LogP contribution >= 0.6 is 0 Å². The molecule has 0 saturated heterocycles. The van der Waals surface area contributed by atoms with Gasteiger partial charge in [-0.15, -0.1) is 0 Å². The quantitative estimate of drug-likeness (QED) is 0.453. The smallest absolute Gasteiger partial charge is 0.270 e. The number of nitrogens with zero attached hydrogens (tertiary/aromatic N) is 3. The van der Waals surface area contributed by atoms with Crippen molar-refractivity contribution < 1.29 is 4.79 Å². The first-order chi connectivity index (χ1) is 14.2. The van der Waals surface area contributed by atoms with Crippen molar-refractivity contribution in [2.24, 2.45) is 0 Å². The summed E-state index contributed by atoms with van der Waals surface area (Å²) in [6, 6.07) is 15.5. The molecule has 0 fully saturated rings. The summed E-state index contributed by atoms with van der Waals surface area (Å²) in [6.45, 7) is 2.83. The number of hydrogen-bond donors (Lipinski definition) is 3. The fourth-order valence-corrected chi connectivity index (χ4v) is 3.20. The van der Waals surface area contributed by atoms with Crippen LogP contribution in [0, 0.1) is 6.92 Å². The molecule has 0 spiro atoms. The minimum Gasteiger partial charge on any atom is -0.370 e. The molecule has 3 aromatic heterocycles. The predicted molar refractivity (Wildman–Crippen MR) is 113 cm³/mol. The molecule has 0 bridgehead atoms. The molecule has 0 unspecified atom stereocenters. The Balaban J connectivity index is 1.38. The summed E-state index contributed by atoms with van der Waals surface area (Å²) in [5.41, 5.74) is 3.51. The Hall–Kier alpha value is -3.74. The Morgan fingerprint density at radius 2 is 1.97 bits per heavy atom. The van der Waals surface area contributed by atoms with Crippen LogP contribution in [-0.4, -0.2) is 32.4 Å². The highest BCUT2D eigenvalue weighted by atomic mass is 16.1.